The minimum absolute atomic E-state index is 0.00634. The van der Waals surface area contributed by atoms with Gasteiger partial charge in [-0.1, -0.05) is 25.3 Å². The number of rotatable bonds is 2. The highest BCUT2D eigenvalue weighted by Crippen LogP contribution is 2.44. The Balaban J connectivity index is 1.76. The van der Waals surface area contributed by atoms with E-state index in [2.05, 4.69) is 22.6 Å². The van der Waals surface area contributed by atoms with E-state index in [1.54, 1.807) is 6.07 Å². The molecule has 1 spiro atoms. The lowest BCUT2D eigenvalue weighted by Gasteiger charge is -2.44. The Kier molecular flexibility index (Phi) is 4.86. The molecular formula is C17H22FIO2. The van der Waals surface area contributed by atoms with Crippen molar-refractivity contribution in [3.8, 4) is 0 Å². The first-order valence-electron chi connectivity index (χ1n) is 7.87. The fourth-order valence-corrected chi connectivity index (χ4v) is 4.67. The van der Waals surface area contributed by atoms with Gasteiger partial charge in [0.1, 0.15) is 5.82 Å². The Hall–Kier alpha value is -0.200. The van der Waals surface area contributed by atoms with Gasteiger partial charge in [0, 0.05) is 10.2 Å². The van der Waals surface area contributed by atoms with Crippen molar-refractivity contribution >= 4 is 22.6 Å². The predicted octanol–water partition coefficient (Wildman–Crippen LogP) is 4.59. The van der Waals surface area contributed by atoms with Gasteiger partial charge in [-0.15, -0.1) is 0 Å². The molecule has 1 aliphatic carbocycles. The molecule has 1 saturated heterocycles. The number of aliphatic hydroxyl groups excluding tert-OH is 1. The van der Waals surface area contributed by atoms with Gasteiger partial charge >= 0.3 is 0 Å². The number of hydrogen-bond donors (Lipinski definition) is 1. The van der Waals surface area contributed by atoms with Crippen LogP contribution < -0.4 is 0 Å². The Labute approximate surface area is 139 Å². The molecule has 2 fully saturated rings. The zero-order chi connectivity index (χ0) is 14.9. The molecule has 0 amide bonds. The van der Waals surface area contributed by atoms with Crippen LogP contribution in [0.15, 0.2) is 18.2 Å². The van der Waals surface area contributed by atoms with Gasteiger partial charge in [0.2, 0.25) is 0 Å². The van der Waals surface area contributed by atoms with Crippen molar-refractivity contribution in [1.29, 1.82) is 0 Å². The van der Waals surface area contributed by atoms with Crippen molar-refractivity contribution in [1.82, 2.24) is 0 Å². The van der Waals surface area contributed by atoms with E-state index in [9.17, 15) is 9.50 Å². The Morgan fingerprint density at radius 3 is 2.76 bits per heavy atom. The van der Waals surface area contributed by atoms with Crippen LogP contribution in [0.2, 0.25) is 0 Å². The highest BCUT2D eigenvalue weighted by atomic mass is 127. The van der Waals surface area contributed by atoms with E-state index in [4.69, 9.17) is 4.74 Å². The molecule has 1 heterocycles. The van der Waals surface area contributed by atoms with Gasteiger partial charge in [-0.3, -0.25) is 0 Å². The van der Waals surface area contributed by atoms with E-state index in [1.165, 1.54) is 31.4 Å². The van der Waals surface area contributed by atoms with Crippen LogP contribution in [0.3, 0.4) is 0 Å². The summed E-state index contributed by atoms with van der Waals surface area (Å²) >= 11 is 2.11. The summed E-state index contributed by atoms with van der Waals surface area (Å²) in [5, 5.41) is 10.7. The van der Waals surface area contributed by atoms with Crippen molar-refractivity contribution < 1.29 is 14.2 Å². The summed E-state index contributed by atoms with van der Waals surface area (Å²) in [4.78, 5) is 0. The Morgan fingerprint density at radius 1 is 1.29 bits per heavy atom. The second kappa shape index (κ2) is 6.50. The fraction of sp³-hybridized carbons (Fsp3) is 0.647. The van der Waals surface area contributed by atoms with E-state index >= 15 is 0 Å². The molecule has 2 aliphatic rings. The minimum atomic E-state index is -0.514. The quantitative estimate of drug-likeness (QED) is 0.731. The molecule has 0 radical (unpaired) electrons. The van der Waals surface area contributed by atoms with Crippen molar-refractivity contribution in [2.24, 2.45) is 5.92 Å². The average Bonchev–Trinajstić information content (AvgIpc) is 2.47. The highest BCUT2D eigenvalue weighted by Gasteiger charge is 2.41. The van der Waals surface area contributed by atoms with E-state index in [0.29, 0.717) is 0 Å². The molecule has 116 valence electrons. The van der Waals surface area contributed by atoms with Crippen molar-refractivity contribution in [2.45, 2.75) is 56.7 Å². The molecule has 1 N–H and O–H groups in total. The molecule has 1 saturated carbocycles. The Morgan fingerprint density at radius 2 is 2.05 bits per heavy atom. The lowest BCUT2D eigenvalue weighted by atomic mass is 9.74. The maximum Gasteiger partial charge on any atom is 0.124 e. The van der Waals surface area contributed by atoms with Gasteiger partial charge in [-0.25, -0.2) is 4.39 Å². The van der Waals surface area contributed by atoms with Crippen molar-refractivity contribution in [3.05, 3.63) is 33.1 Å². The van der Waals surface area contributed by atoms with Crippen LogP contribution in [0.5, 0.6) is 0 Å². The standard InChI is InChI=1S/C17H22FIO2/c18-13-4-5-14(15(19)10-13)16(20)12-6-9-21-17(11-12)7-2-1-3-8-17/h4-5,10,12,16,20H,1-3,6-9,11H2. The summed E-state index contributed by atoms with van der Waals surface area (Å²) in [6.45, 7) is 0.736. The number of halogens is 2. The molecule has 2 unspecified atom stereocenters. The first-order valence-corrected chi connectivity index (χ1v) is 8.94. The SMILES string of the molecule is OC(c1ccc(F)cc1I)C1CCOC2(CCCCC2)C1. The molecule has 1 aromatic carbocycles. The summed E-state index contributed by atoms with van der Waals surface area (Å²) < 4.78 is 20.1. The summed E-state index contributed by atoms with van der Waals surface area (Å²) in [7, 11) is 0. The molecule has 3 rings (SSSR count). The summed E-state index contributed by atoms with van der Waals surface area (Å²) in [6.07, 6.45) is 7.31. The topological polar surface area (TPSA) is 29.5 Å². The summed E-state index contributed by atoms with van der Waals surface area (Å²) in [5.74, 6) is -0.0260. The normalized spacial score (nSPS) is 26.7. The van der Waals surface area contributed by atoms with Crippen LogP contribution in [-0.4, -0.2) is 17.3 Å². The van der Waals surface area contributed by atoms with Crippen LogP contribution in [0.1, 0.15) is 56.6 Å². The van der Waals surface area contributed by atoms with Crippen LogP contribution >= 0.6 is 22.6 Å². The molecule has 2 nitrogen and oxygen atoms in total. The van der Waals surface area contributed by atoms with Gasteiger partial charge in [0.15, 0.2) is 0 Å². The second-order valence-corrected chi connectivity index (χ2v) is 7.62. The lowest BCUT2D eigenvalue weighted by molar-refractivity contribution is -0.134. The second-order valence-electron chi connectivity index (χ2n) is 6.46. The third-order valence-electron chi connectivity index (χ3n) is 5.02. The van der Waals surface area contributed by atoms with Crippen LogP contribution in [-0.2, 0) is 4.74 Å². The van der Waals surface area contributed by atoms with Gasteiger partial charge in [-0.05, 0) is 71.9 Å². The molecular weight excluding hydrogens is 382 g/mol. The maximum absolute atomic E-state index is 13.2. The number of hydrogen-bond acceptors (Lipinski definition) is 2. The van der Waals surface area contributed by atoms with Gasteiger partial charge < -0.3 is 9.84 Å². The summed E-state index contributed by atoms with van der Waals surface area (Å²) in [6, 6.07) is 4.66. The molecule has 2 atom stereocenters. The molecule has 0 bridgehead atoms. The van der Waals surface area contributed by atoms with Crippen LogP contribution in [0.4, 0.5) is 4.39 Å². The largest absolute Gasteiger partial charge is 0.388 e. The maximum atomic E-state index is 13.2. The predicted molar refractivity (Wildman–Crippen MR) is 88.6 cm³/mol. The van der Waals surface area contributed by atoms with Gasteiger partial charge in [0.25, 0.3) is 0 Å². The first-order chi connectivity index (χ1) is 10.1. The lowest BCUT2D eigenvalue weighted by Crippen LogP contribution is -2.42. The number of aliphatic hydroxyl groups is 1. The zero-order valence-electron chi connectivity index (χ0n) is 12.2. The van der Waals surface area contributed by atoms with Crippen LogP contribution in [0, 0.1) is 15.3 Å². The van der Waals surface area contributed by atoms with Crippen molar-refractivity contribution in [3.63, 3.8) is 0 Å². The fourth-order valence-electron chi connectivity index (χ4n) is 3.88. The molecule has 1 aromatic rings. The average molecular weight is 404 g/mol. The monoisotopic (exact) mass is 404 g/mol. The third kappa shape index (κ3) is 3.42. The van der Waals surface area contributed by atoms with E-state index in [-0.39, 0.29) is 17.3 Å². The molecule has 21 heavy (non-hydrogen) atoms. The van der Waals surface area contributed by atoms with E-state index in [1.807, 2.05) is 0 Å². The zero-order valence-corrected chi connectivity index (χ0v) is 14.3. The highest BCUT2D eigenvalue weighted by molar-refractivity contribution is 14.1. The minimum Gasteiger partial charge on any atom is -0.388 e. The Bertz CT molecular complexity index is 494. The number of ether oxygens (including phenoxy) is 1. The van der Waals surface area contributed by atoms with E-state index in [0.717, 1.165) is 41.4 Å². The number of benzene rings is 1. The van der Waals surface area contributed by atoms with Crippen molar-refractivity contribution in [2.75, 3.05) is 6.61 Å². The van der Waals surface area contributed by atoms with Gasteiger partial charge in [-0.2, -0.15) is 0 Å². The molecule has 4 heteroatoms. The van der Waals surface area contributed by atoms with Crippen LogP contribution in [0.25, 0.3) is 0 Å². The van der Waals surface area contributed by atoms with E-state index < -0.39 is 6.10 Å². The molecule has 0 aromatic heterocycles. The smallest absolute Gasteiger partial charge is 0.124 e. The first kappa shape index (κ1) is 15.7. The molecule has 1 aliphatic heterocycles. The van der Waals surface area contributed by atoms with Gasteiger partial charge in [0.05, 0.1) is 11.7 Å². The third-order valence-corrected chi connectivity index (χ3v) is 5.96. The summed E-state index contributed by atoms with van der Waals surface area (Å²) in [5.41, 5.74) is 0.850.